The maximum atomic E-state index is 11.5. The lowest BCUT2D eigenvalue weighted by atomic mass is 10.2. The number of ether oxygens (including phenoxy) is 1. The molecular formula is C11H22N2O3. The van der Waals surface area contributed by atoms with Gasteiger partial charge in [0.2, 0.25) is 5.91 Å². The molecule has 0 aromatic rings. The van der Waals surface area contributed by atoms with Crippen LogP contribution in [0.1, 0.15) is 27.7 Å². The number of likely N-dealkylation sites (N-methyl/N-ethyl adjacent to an activating group) is 1. The van der Waals surface area contributed by atoms with Gasteiger partial charge in [0.05, 0.1) is 13.7 Å². The van der Waals surface area contributed by atoms with E-state index in [2.05, 4.69) is 10.1 Å². The van der Waals surface area contributed by atoms with Gasteiger partial charge in [-0.2, -0.15) is 0 Å². The van der Waals surface area contributed by atoms with Crippen molar-refractivity contribution in [3.8, 4) is 0 Å². The zero-order valence-corrected chi connectivity index (χ0v) is 10.7. The third kappa shape index (κ3) is 5.11. The molecule has 1 unspecified atom stereocenters. The minimum absolute atomic E-state index is 0.0763. The highest BCUT2D eigenvalue weighted by atomic mass is 16.5. The van der Waals surface area contributed by atoms with E-state index in [0.29, 0.717) is 6.54 Å². The lowest BCUT2D eigenvalue weighted by molar-refractivity contribution is -0.146. The van der Waals surface area contributed by atoms with E-state index in [0.717, 1.165) is 0 Å². The lowest BCUT2D eigenvalue weighted by Crippen LogP contribution is -2.46. The predicted molar refractivity (Wildman–Crippen MR) is 62.0 cm³/mol. The fraction of sp³-hybridized carbons (Fsp3) is 0.818. The highest BCUT2D eigenvalue weighted by Gasteiger charge is 2.22. The molecule has 0 spiro atoms. The monoisotopic (exact) mass is 230 g/mol. The molecule has 0 aliphatic rings. The van der Waals surface area contributed by atoms with Gasteiger partial charge in [0, 0.05) is 6.04 Å². The van der Waals surface area contributed by atoms with E-state index in [9.17, 15) is 9.59 Å². The molecular weight excluding hydrogens is 208 g/mol. The molecule has 0 aliphatic carbocycles. The molecule has 0 aromatic heterocycles. The van der Waals surface area contributed by atoms with Gasteiger partial charge < -0.3 is 10.1 Å². The molecule has 0 aromatic carbocycles. The van der Waals surface area contributed by atoms with Crippen molar-refractivity contribution in [1.82, 2.24) is 10.2 Å². The smallest absolute Gasteiger partial charge is 0.322 e. The third-order valence-electron chi connectivity index (χ3n) is 2.29. The van der Waals surface area contributed by atoms with Crippen LogP contribution in [0.3, 0.4) is 0 Å². The Morgan fingerprint density at radius 1 is 1.31 bits per heavy atom. The van der Waals surface area contributed by atoms with Crippen molar-refractivity contribution < 1.29 is 14.3 Å². The number of carbonyl (C=O) groups is 2. The number of methoxy groups -OCH3 is 1. The standard InChI is InChI=1S/C11H22N2O3/c1-6-13(9(4)11(15)16-5)7-10(14)12-8(2)3/h8-9H,6-7H2,1-5H3,(H,12,14). The van der Waals surface area contributed by atoms with Crippen LogP contribution in [-0.4, -0.2) is 49.1 Å². The lowest BCUT2D eigenvalue weighted by Gasteiger charge is -2.25. The third-order valence-corrected chi connectivity index (χ3v) is 2.29. The van der Waals surface area contributed by atoms with Crippen LogP contribution in [0.15, 0.2) is 0 Å². The summed E-state index contributed by atoms with van der Waals surface area (Å²) in [7, 11) is 1.35. The number of carbonyl (C=O) groups excluding carboxylic acids is 2. The van der Waals surface area contributed by atoms with Crippen molar-refractivity contribution in [3.63, 3.8) is 0 Å². The molecule has 0 rings (SSSR count). The number of nitrogens with one attached hydrogen (secondary N) is 1. The summed E-state index contributed by atoms with van der Waals surface area (Å²) in [6, 6.07) is -0.285. The number of hydrogen-bond acceptors (Lipinski definition) is 4. The molecule has 1 amide bonds. The molecule has 1 N–H and O–H groups in total. The zero-order chi connectivity index (χ0) is 12.7. The van der Waals surface area contributed by atoms with Gasteiger partial charge in [-0.25, -0.2) is 0 Å². The Morgan fingerprint density at radius 2 is 1.88 bits per heavy atom. The summed E-state index contributed by atoms with van der Waals surface area (Å²) in [6.45, 7) is 8.28. The van der Waals surface area contributed by atoms with E-state index in [1.54, 1.807) is 11.8 Å². The first-order valence-electron chi connectivity index (χ1n) is 5.53. The van der Waals surface area contributed by atoms with Crippen molar-refractivity contribution in [2.75, 3.05) is 20.2 Å². The maximum Gasteiger partial charge on any atom is 0.322 e. The predicted octanol–water partition coefficient (Wildman–Crippen LogP) is 0.394. The van der Waals surface area contributed by atoms with Gasteiger partial charge in [0.15, 0.2) is 0 Å². The van der Waals surface area contributed by atoms with Crippen LogP contribution in [0.4, 0.5) is 0 Å². The molecule has 5 heteroatoms. The highest BCUT2D eigenvalue weighted by molar-refractivity contribution is 5.80. The minimum atomic E-state index is -0.395. The number of esters is 1. The molecule has 0 radical (unpaired) electrons. The van der Waals surface area contributed by atoms with E-state index in [1.165, 1.54) is 7.11 Å². The van der Waals surface area contributed by atoms with Gasteiger partial charge in [0.25, 0.3) is 0 Å². The normalized spacial score (nSPS) is 12.7. The van der Waals surface area contributed by atoms with Crippen molar-refractivity contribution in [1.29, 1.82) is 0 Å². The van der Waals surface area contributed by atoms with Gasteiger partial charge in [0.1, 0.15) is 6.04 Å². The number of amides is 1. The van der Waals surface area contributed by atoms with Crippen LogP contribution < -0.4 is 5.32 Å². The van der Waals surface area contributed by atoms with Gasteiger partial charge in [-0.05, 0) is 27.3 Å². The Labute approximate surface area is 97.1 Å². The average molecular weight is 230 g/mol. The first kappa shape index (κ1) is 14.9. The van der Waals surface area contributed by atoms with Crippen molar-refractivity contribution >= 4 is 11.9 Å². The molecule has 94 valence electrons. The first-order valence-corrected chi connectivity index (χ1v) is 5.53. The molecule has 0 fully saturated rings. The molecule has 5 nitrogen and oxygen atoms in total. The zero-order valence-electron chi connectivity index (χ0n) is 10.7. The van der Waals surface area contributed by atoms with E-state index in [-0.39, 0.29) is 24.5 Å². The SMILES string of the molecule is CCN(CC(=O)NC(C)C)C(C)C(=O)OC. The summed E-state index contributed by atoms with van der Waals surface area (Å²) < 4.78 is 4.65. The van der Waals surface area contributed by atoms with Crippen LogP contribution in [-0.2, 0) is 14.3 Å². The van der Waals surface area contributed by atoms with Crippen LogP contribution in [0.5, 0.6) is 0 Å². The molecule has 0 bridgehead atoms. The molecule has 0 saturated carbocycles. The molecule has 0 aliphatic heterocycles. The van der Waals surface area contributed by atoms with E-state index >= 15 is 0 Å². The second-order valence-electron chi connectivity index (χ2n) is 3.98. The molecule has 16 heavy (non-hydrogen) atoms. The summed E-state index contributed by atoms with van der Waals surface area (Å²) in [5.74, 6) is -0.396. The van der Waals surface area contributed by atoms with Gasteiger partial charge >= 0.3 is 5.97 Å². The second-order valence-corrected chi connectivity index (χ2v) is 3.98. The Kier molecular flexibility index (Phi) is 6.72. The van der Waals surface area contributed by atoms with E-state index in [1.807, 2.05) is 20.8 Å². The quantitative estimate of drug-likeness (QED) is 0.671. The summed E-state index contributed by atoms with van der Waals surface area (Å²) in [6.07, 6.45) is 0. The maximum absolute atomic E-state index is 11.5. The van der Waals surface area contributed by atoms with Crippen LogP contribution in [0, 0.1) is 0 Å². The topological polar surface area (TPSA) is 58.6 Å². The average Bonchev–Trinajstić information content (AvgIpc) is 2.22. The van der Waals surface area contributed by atoms with Crippen molar-refractivity contribution in [3.05, 3.63) is 0 Å². The molecule has 0 saturated heterocycles. The van der Waals surface area contributed by atoms with Gasteiger partial charge in [-0.3, -0.25) is 14.5 Å². The van der Waals surface area contributed by atoms with Gasteiger partial charge in [-0.1, -0.05) is 6.92 Å². The van der Waals surface area contributed by atoms with E-state index < -0.39 is 6.04 Å². The van der Waals surface area contributed by atoms with Crippen LogP contribution in [0.25, 0.3) is 0 Å². The first-order chi connectivity index (χ1) is 7.42. The summed E-state index contributed by atoms with van der Waals surface area (Å²) in [5, 5.41) is 2.79. The summed E-state index contributed by atoms with van der Waals surface area (Å²) >= 11 is 0. The molecule has 0 heterocycles. The van der Waals surface area contributed by atoms with Gasteiger partial charge in [-0.15, -0.1) is 0 Å². The largest absolute Gasteiger partial charge is 0.468 e. The van der Waals surface area contributed by atoms with Crippen molar-refractivity contribution in [2.24, 2.45) is 0 Å². The fourth-order valence-electron chi connectivity index (χ4n) is 1.39. The van der Waals surface area contributed by atoms with Crippen LogP contribution in [0.2, 0.25) is 0 Å². The number of nitrogens with zero attached hydrogens (tertiary/aromatic N) is 1. The Morgan fingerprint density at radius 3 is 2.25 bits per heavy atom. The minimum Gasteiger partial charge on any atom is -0.468 e. The summed E-state index contributed by atoms with van der Waals surface area (Å²) in [4.78, 5) is 24.6. The van der Waals surface area contributed by atoms with Crippen LogP contribution >= 0.6 is 0 Å². The highest BCUT2D eigenvalue weighted by Crippen LogP contribution is 2.00. The summed E-state index contributed by atoms with van der Waals surface area (Å²) in [5.41, 5.74) is 0. The van der Waals surface area contributed by atoms with Crippen molar-refractivity contribution in [2.45, 2.75) is 39.8 Å². The number of rotatable bonds is 6. The Hall–Kier alpha value is -1.10. The number of hydrogen-bond donors (Lipinski definition) is 1. The fourth-order valence-corrected chi connectivity index (χ4v) is 1.39. The Bertz CT molecular complexity index is 241. The molecule has 1 atom stereocenters. The second kappa shape index (κ2) is 7.22. The Balaban J connectivity index is 4.29. The van der Waals surface area contributed by atoms with E-state index in [4.69, 9.17) is 0 Å².